The molecular formula is C16H18N2O2. The first-order valence-electron chi connectivity index (χ1n) is 6.97. The van der Waals surface area contributed by atoms with Crippen molar-refractivity contribution < 1.29 is 4.74 Å². The molecule has 0 radical (unpaired) electrons. The monoisotopic (exact) mass is 270 g/mol. The van der Waals surface area contributed by atoms with Crippen LogP contribution in [0.4, 0.5) is 0 Å². The maximum absolute atomic E-state index is 12.3. The van der Waals surface area contributed by atoms with Crippen molar-refractivity contribution in [2.24, 2.45) is 0 Å². The fraction of sp³-hybridized carbons (Fsp3) is 0.375. The van der Waals surface area contributed by atoms with Crippen molar-refractivity contribution >= 4 is 0 Å². The predicted octanol–water partition coefficient (Wildman–Crippen LogP) is 2.43. The Hall–Kier alpha value is -1.94. The Balaban J connectivity index is 1.91. The van der Waals surface area contributed by atoms with Crippen LogP contribution in [0.25, 0.3) is 5.82 Å². The Bertz CT molecular complexity index is 640. The molecule has 2 aromatic rings. The van der Waals surface area contributed by atoms with Crippen LogP contribution in [0.5, 0.6) is 0 Å². The summed E-state index contributed by atoms with van der Waals surface area (Å²) in [4.78, 5) is 16.6. The lowest BCUT2D eigenvalue weighted by atomic mass is 9.92. The molecule has 0 atom stereocenters. The van der Waals surface area contributed by atoms with Crippen LogP contribution in [0.1, 0.15) is 29.9 Å². The maximum atomic E-state index is 12.3. The number of pyridine rings is 2. The first kappa shape index (κ1) is 13.1. The zero-order valence-electron chi connectivity index (χ0n) is 11.6. The fourth-order valence-electron chi connectivity index (χ4n) is 2.57. The quantitative estimate of drug-likeness (QED) is 0.842. The number of rotatable bonds is 2. The molecule has 1 fully saturated rings. The minimum atomic E-state index is -0.0228. The van der Waals surface area contributed by atoms with E-state index >= 15 is 0 Å². The van der Waals surface area contributed by atoms with Crippen molar-refractivity contribution in [1.29, 1.82) is 0 Å². The Morgan fingerprint density at radius 2 is 2.05 bits per heavy atom. The second-order valence-electron chi connectivity index (χ2n) is 5.25. The van der Waals surface area contributed by atoms with E-state index in [1.165, 1.54) is 0 Å². The molecule has 1 saturated heterocycles. The smallest absolute Gasteiger partial charge is 0.256 e. The molecule has 3 rings (SSSR count). The van der Waals surface area contributed by atoms with Crippen molar-refractivity contribution in [3.63, 3.8) is 0 Å². The van der Waals surface area contributed by atoms with E-state index < -0.39 is 0 Å². The van der Waals surface area contributed by atoms with Gasteiger partial charge >= 0.3 is 0 Å². The van der Waals surface area contributed by atoms with Crippen molar-refractivity contribution in [3.8, 4) is 5.82 Å². The molecule has 1 aliphatic heterocycles. The van der Waals surface area contributed by atoms with E-state index in [-0.39, 0.29) is 5.56 Å². The first-order valence-corrected chi connectivity index (χ1v) is 6.97. The Labute approximate surface area is 118 Å². The van der Waals surface area contributed by atoms with E-state index in [0.29, 0.717) is 11.7 Å². The molecule has 0 unspecified atom stereocenters. The summed E-state index contributed by atoms with van der Waals surface area (Å²) in [6.45, 7) is 3.55. The largest absolute Gasteiger partial charge is 0.381 e. The lowest BCUT2D eigenvalue weighted by molar-refractivity contribution is 0.0853. The molecule has 0 amide bonds. The van der Waals surface area contributed by atoms with E-state index in [2.05, 4.69) is 4.98 Å². The number of aryl methyl sites for hydroxylation is 1. The van der Waals surface area contributed by atoms with E-state index in [1.807, 2.05) is 31.3 Å². The van der Waals surface area contributed by atoms with Gasteiger partial charge in [0, 0.05) is 31.7 Å². The highest BCUT2D eigenvalue weighted by molar-refractivity contribution is 5.28. The summed E-state index contributed by atoms with van der Waals surface area (Å²) in [5.74, 6) is 1.11. The maximum Gasteiger partial charge on any atom is 0.256 e. The molecule has 0 saturated carbocycles. The minimum absolute atomic E-state index is 0.0228. The van der Waals surface area contributed by atoms with E-state index in [0.717, 1.165) is 37.2 Å². The van der Waals surface area contributed by atoms with Gasteiger partial charge in [-0.25, -0.2) is 4.98 Å². The summed E-state index contributed by atoms with van der Waals surface area (Å²) in [6, 6.07) is 7.59. The van der Waals surface area contributed by atoms with Gasteiger partial charge in [-0.2, -0.15) is 0 Å². The van der Waals surface area contributed by atoms with Crippen LogP contribution in [-0.4, -0.2) is 22.8 Å². The summed E-state index contributed by atoms with van der Waals surface area (Å²) in [5, 5.41) is 0. The fourth-order valence-corrected chi connectivity index (χ4v) is 2.57. The molecule has 1 aliphatic rings. The summed E-state index contributed by atoms with van der Waals surface area (Å²) in [5.41, 5.74) is 2.17. The second kappa shape index (κ2) is 5.59. The molecule has 0 bridgehead atoms. The van der Waals surface area contributed by atoms with Gasteiger partial charge in [0.1, 0.15) is 5.82 Å². The van der Waals surface area contributed by atoms with Crippen LogP contribution >= 0.6 is 0 Å². The predicted molar refractivity (Wildman–Crippen MR) is 77.4 cm³/mol. The molecule has 2 aromatic heterocycles. The van der Waals surface area contributed by atoms with Crippen molar-refractivity contribution in [2.45, 2.75) is 25.7 Å². The molecule has 20 heavy (non-hydrogen) atoms. The third-order valence-electron chi connectivity index (χ3n) is 3.78. The second-order valence-corrected chi connectivity index (χ2v) is 5.25. The van der Waals surface area contributed by atoms with E-state index in [9.17, 15) is 4.79 Å². The van der Waals surface area contributed by atoms with Crippen LogP contribution in [0.15, 0.2) is 41.5 Å². The van der Waals surface area contributed by atoms with Gasteiger partial charge in [0.15, 0.2) is 0 Å². The van der Waals surface area contributed by atoms with E-state index in [1.54, 1.807) is 16.8 Å². The van der Waals surface area contributed by atoms with Gasteiger partial charge in [-0.3, -0.25) is 9.36 Å². The highest BCUT2D eigenvalue weighted by atomic mass is 16.5. The molecule has 4 nitrogen and oxygen atoms in total. The molecular weight excluding hydrogens is 252 g/mol. The number of ether oxygens (including phenoxy) is 1. The molecule has 0 aliphatic carbocycles. The van der Waals surface area contributed by atoms with Crippen molar-refractivity contribution in [2.75, 3.05) is 13.2 Å². The molecule has 3 heterocycles. The third-order valence-corrected chi connectivity index (χ3v) is 3.78. The van der Waals surface area contributed by atoms with E-state index in [4.69, 9.17) is 4.74 Å². The van der Waals surface area contributed by atoms with Gasteiger partial charge in [-0.15, -0.1) is 0 Å². The topological polar surface area (TPSA) is 44.1 Å². The Kier molecular flexibility index (Phi) is 3.65. The lowest BCUT2D eigenvalue weighted by Crippen LogP contribution is -2.21. The number of hydrogen-bond acceptors (Lipinski definition) is 3. The van der Waals surface area contributed by atoms with Gasteiger partial charge in [-0.05, 0) is 48.9 Å². The molecule has 0 aromatic carbocycles. The van der Waals surface area contributed by atoms with Gasteiger partial charge in [-0.1, -0.05) is 6.07 Å². The number of hydrogen-bond donors (Lipinski definition) is 0. The van der Waals surface area contributed by atoms with Gasteiger partial charge in [0.25, 0.3) is 5.56 Å². The van der Waals surface area contributed by atoms with Crippen LogP contribution in [-0.2, 0) is 4.74 Å². The van der Waals surface area contributed by atoms with Crippen LogP contribution in [0.2, 0.25) is 0 Å². The summed E-state index contributed by atoms with van der Waals surface area (Å²) < 4.78 is 6.95. The van der Waals surface area contributed by atoms with Gasteiger partial charge in [0.2, 0.25) is 0 Å². The standard InChI is InChI=1S/C16H18N2O2/c1-12-2-3-15(17-11-12)18-7-4-14(10-16(18)19)13-5-8-20-9-6-13/h2-4,7,10-11,13H,5-6,8-9H2,1H3. The van der Waals surface area contributed by atoms with Crippen LogP contribution in [0, 0.1) is 6.92 Å². The Morgan fingerprint density at radius 1 is 1.25 bits per heavy atom. The molecule has 4 heteroatoms. The lowest BCUT2D eigenvalue weighted by Gasteiger charge is -2.22. The third kappa shape index (κ3) is 2.65. The van der Waals surface area contributed by atoms with Gasteiger partial charge < -0.3 is 4.74 Å². The van der Waals surface area contributed by atoms with Gasteiger partial charge in [0.05, 0.1) is 0 Å². The Morgan fingerprint density at radius 3 is 2.70 bits per heavy atom. The normalized spacial score (nSPS) is 16.2. The minimum Gasteiger partial charge on any atom is -0.381 e. The molecule has 0 N–H and O–H groups in total. The average Bonchev–Trinajstić information content (AvgIpc) is 2.49. The van der Waals surface area contributed by atoms with Crippen molar-refractivity contribution in [3.05, 3.63) is 58.1 Å². The molecule has 104 valence electrons. The zero-order chi connectivity index (χ0) is 13.9. The number of nitrogens with zero attached hydrogens (tertiary/aromatic N) is 2. The SMILES string of the molecule is Cc1ccc(-n2ccc(C3CCOCC3)cc2=O)nc1. The first-order chi connectivity index (χ1) is 9.74. The summed E-state index contributed by atoms with van der Waals surface area (Å²) in [7, 11) is 0. The average molecular weight is 270 g/mol. The summed E-state index contributed by atoms with van der Waals surface area (Å²) in [6.07, 6.45) is 5.58. The highest BCUT2D eigenvalue weighted by Gasteiger charge is 2.16. The molecule has 0 spiro atoms. The zero-order valence-corrected chi connectivity index (χ0v) is 11.6. The summed E-state index contributed by atoms with van der Waals surface area (Å²) >= 11 is 0. The number of aromatic nitrogens is 2. The highest BCUT2D eigenvalue weighted by Crippen LogP contribution is 2.25. The van der Waals surface area contributed by atoms with Crippen molar-refractivity contribution in [1.82, 2.24) is 9.55 Å². The van der Waals surface area contributed by atoms with Crippen LogP contribution < -0.4 is 5.56 Å². The van der Waals surface area contributed by atoms with Crippen LogP contribution in [0.3, 0.4) is 0 Å².